The van der Waals surface area contributed by atoms with Crippen LogP contribution in [-0.4, -0.2) is 30.7 Å². The van der Waals surface area contributed by atoms with Gasteiger partial charge in [0, 0.05) is 24.5 Å². The zero-order chi connectivity index (χ0) is 20.1. The molecule has 1 heterocycles. The monoisotopic (exact) mass is 415 g/mol. The minimum absolute atomic E-state index is 0.0965. The zero-order valence-electron chi connectivity index (χ0n) is 15.6. The van der Waals surface area contributed by atoms with Crippen molar-refractivity contribution in [2.75, 3.05) is 7.05 Å². The summed E-state index contributed by atoms with van der Waals surface area (Å²) in [6, 6.07) is 17.1. The first-order valence-corrected chi connectivity index (χ1v) is 11.0. The quantitative estimate of drug-likeness (QED) is 0.643. The highest BCUT2D eigenvalue weighted by Gasteiger charge is 2.21. The number of nitrogens with zero attached hydrogens (tertiary/aromatic N) is 2. The second-order valence-corrected chi connectivity index (χ2v) is 9.10. The second kappa shape index (κ2) is 8.64. The van der Waals surface area contributed by atoms with E-state index in [0.29, 0.717) is 5.69 Å². The van der Waals surface area contributed by atoms with Crippen LogP contribution < -0.4 is 4.72 Å². The number of carbonyl (C=O) groups excluding carboxylic acids is 1. The average molecular weight is 416 g/mol. The first-order chi connectivity index (χ1) is 13.3. The van der Waals surface area contributed by atoms with Crippen molar-refractivity contribution < 1.29 is 13.2 Å². The lowest BCUT2D eigenvalue weighted by molar-refractivity contribution is -0.118. The molecule has 1 amide bonds. The molecule has 3 rings (SSSR count). The number of benzene rings is 2. The Hall–Kier alpha value is -2.55. The van der Waals surface area contributed by atoms with Gasteiger partial charge in [0.05, 0.1) is 12.1 Å². The summed E-state index contributed by atoms with van der Waals surface area (Å²) >= 11 is 1.43. The van der Waals surface area contributed by atoms with Crippen LogP contribution in [0.1, 0.15) is 16.8 Å². The molecule has 8 heteroatoms. The van der Waals surface area contributed by atoms with Gasteiger partial charge in [0.1, 0.15) is 5.01 Å². The Bertz CT molecular complexity index is 1060. The molecule has 0 aliphatic heterocycles. The molecule has 2 aromatic carbocycles. The van der Waals surface area contributed by atoms with Gasteiger partial charge in [-0.15, -0.1) is 11.3 Å². The van der Waals surface area contributed by atoms with Crippen molar-refractivity contribution in [3.8, 4) is 10.6 Å². The van der Waals surface area contributed by atoms with Crippen molar-refractivity contribution >= 4 is 27.5 Å². The summed E-state index contributed by atoms with van der Waals surface area (Å²) < 4.78 is 28.0. The van der Waals surface area contributed by atoms with Gasteiger partial charge >= 0.3 is 10.2 Å². The molecule has 6 nitrogen and oxygen atoms in total. The standard InChI is InChI=1S/C20H21N3O3S2/c1-15-7-6-10-17(11-15)20-21-18(14-27-20)12-19(24)22-28(25,26)23(2)13-16-8-4-3-5-9-16/h3-11,14H,12-13H2,1-2H3,(H,22,24). The number of hydrogen-bond donors (Lipinski definition) is 1. The number of carbonyl (C=O) groups is 1. The molecule has 28 heavy (non-hydrogen) atoms. The molecule has 0 spiro atoms. The van der Waals surface area contributed by atoms with Crippen molar-refractivity contribution in [2.45, 2.75) is 19.9 Å². The van der Waals surface area contributed by atoms with E-state index in [2.05, 4.69) is 9.71 Å². The number of nitrogens with one attached hydrogen (secondary N) is 1. The van der Waals surface area contributed by atoms with E-state index in [-0.39, 0.29) is 13.0 Å². The molecule has 0 saturated carbocycles. The van der Waals surface area contributed by atoms with Crippen LogP contribution in [0.3, 0.4) is 0 Å². The van der Waals surface area contributed by atoms with Crippen LogP contribution in [0.25, 0.3) is 10.6 Å². The fraction of sp³-hybridized carbons (Fsp3) is 0.200. The minimum atomic E-state index is -3.92. The fourth-order valence-electron chi connectivity index (χ4n) is 2.65. The van der Waals surface area contributed by atoms with Crippen LogP contribution in [0.4, 0.5) is 0 Å². The van der Waals surface area contributed by atoms with Gasteiger partial charge in [-0.05, 0) is 18.6 Å². The SMILES string of the molecule is Cc1cccc(-c2nc(CC(=O)NS(=O)(=O)N(C)Cc3ccccc3)cs2)c1. The molecular weight excluding hydrogens is 394 g/mol. The van der Waals surface area contributed by atoms with Crippen molar-refractivity contribution in [1.29, 1.82) is 0 Å². The molecule has 0 atom stereocenters. The molecule has 0 bridgehead atoms. The third-order valence-electron chi connectivity index (χ3n) is 4.06. The van der Waals surface area contributed by atoms with E-state index in [4.69, 9.17) is 0 Å². The Morgan fingerprint density at radius 2 is 1.89 bits per heavy atom. The third-order valence-corrected chi connectivity index (χ3v) is 6.44. The maximum Gasteiger partial charge on any atom is 0.303 e. The molecule has 0 aliphatic carbocycles. The lowest BCUT2D eigenvalue weighted by Gasteiger charge is -2.17. The van der Waals surface area contributed by atoms with Gasteiger partial charge in [-0.2, -0.15) is 12.7 Å². The van der Waals surface area contributed by atoms with Gasteiger partial charge < -0.3 is 0 Å². The van der Waals surface area contributed by atoms with Gasteiger partial charge in [0.15, 0.2) is 0 Å². The highest BCUT2D eigenvalue weighted by atomic mass is 32.2. The van der Waals surface area contributed by atoms with E-state index in [1.165, 1.54) is 18.4 Å². The number of thiazole rings is 1. The maximum absolute atomic E-state index is 12.4. The lowest BCUT2D eigenvalue weighted by Crippen LogP contribution is -2.41. The average Bonchev–Trinajstić information content (AvgIpc) is 3.10. The predicted octanol–water partition coefficient (Wildman–Crippen LogP) is 3.15. The fourth-order valence-corrected chi connectivity index (χ4v) is 4.30. The molecule has 3 aromatic rings. The second-order valence-electron chi connectivity index (χ2n) is 6.46. The largest absolute Gasteiger partial charge is 0.303 e. The Morgan fingerprint density at radius 1 is 1.14 bits per heavy atom. The molecule has 146 valence electrons. The smallest absolute Gasteiger partial charge is 0.274 e. The topological polar surface area (TPSA) is 79.4 Å². The van der Waals surface area contributed by atoms with Crippen molar-refractivity contribution in [3.05, 3.63) is 76.8 Å². The van der Waals surface area contributed by atoms with Crippen LogP contribution in [0.5, 0.6) is 0 Å². The lowest BCUT2D eigenvalue weighted by atomic mass is 10.1. The summed E-state index contributed by atoms with van der Waals surface area (Å²) in [6.07, 6.45) is -0.0965. The number of aryl methyl sites for hydroxylation is 1. The zero-order valence-corrected chi connectivity index (χ0v) is 17.3. The molecule has 0 unspecified atom stereocenters. The maximum atomic E-state index is 12.4. The highest BCUT2D eigenvalue weighted by molar-refractivity contribution is 7.87. The summed E-state index contributed by atoms with van der Waals surface area (Å²) in [7, 11) is -2.49. The van der Waals surface area contributed by atoms with Crippen LogP contribution in [0.2, 0.25) is 0 Å². The Kier molecular flexibility index (Phi) is 6.23. The number of hydrogen-bond acceptors (Lipinski definition) is 5. The minimum Gasteiger partial charge on any atom is -0.274 e. The van der Waals surface area contributed by atoms with E-state index in [9.17, 15) is 13.2 Å². The van der Waals surface area contributed by atoms with E-state index < -0.39 is 16.1 Å². The van der Waals surface area contributed by atoms with Gasteiger partial charge in [-0.3, -0.25) is 4.79 Å². The summed E-state index contributed by atoms with van der Waals surface area (Å²) in [5.74, 6) is -0.610. The van der Waals surface area contributed by atoms with Gasteiger partial charge in [-0.1, -0.05) is 54.1 Å². The number of amides is 1. The summed E-state index contributed by atoms with van der Waals surface area (Å²) in [4.78, 5) is 16.7. The third kappa shape index (κ3) is 5.25. The number of rotatable bonds is 7. The Morgan fingerprint density at radius 3 is 2.61 bits per heavy atom. The van der Waals surface area contributed by atoms with Gasteiger partial charge in [0.2, 0.25) is 5.91 Å². The van der Waals surface area contributed by atoms with Gasteiger partial charge in [0.25, 0.3) is 0 Å². The Labute approximate surface area is 169 Å². The molecule has 1 aromatic heterocycles. The highest BCUT2D eigenvalue weighted by Crippen LogP contribution is 2.24. The van der Waals surface area contributed by atoms with E-state index >= 15 is 0 Å². The molecule has 0 radical (unpaired) electrons. The molecule has 0 aliphatic rings. The molecule has 0 fully saturated rings. The van der Waals surface area contributed by atoms with Crippen molar-refractivity contribution in [2.24, 2.45) is 0 Å². The van der Waals surface area contributed by atoms with Crippen LogP contribution in [-0.2, 0) is 28.0 Å². The van der Waals surface area contributed by atoms with Crippen molar-refractivity contribution in [3.63, 3.8) is 0 Å². The first-order valence-electron chi connectivity index (χ1n) is 8.66. The first kappa shape index (κ1) is 20.2. The molecule has 0 saturated heterocycles. The van der Waals surface area contributed by atoms with Gasteiger partial charge in [-0.25, -0.2) is 9.71 Å². The molecular formula is C20H21N3O3S2. The predicted molar refractivity (Wildman–Crippen MR) is 111 cm³/mol. The number of aromatic nitrogens is 1. The normalized spacial score (nSPS) is 11.5. The van der Waals surface area contributed by atoms with Crippen molar-refractivity contribution in [1.82, 2.24) is 14.0 Å². The van der Waals surface area contributed by atoms with Crippen LogP contribution in [0.15, 0.2) is 60.0 Å². The summed E-state index contributed by atoms with van der Waals surface area (Å²) in [5, 5.41) is 2.58. The summed E-state index contributed by atoms with van der Waals surface area (Å²) in [5.41, 5.74) is 3.48. The van der Waals surface area contributed by atoms with Crippen LogP contribution in [0, 0.1) is 6.92 Å². The van der Waals surface area contributed by atoms with Crippen LogP contribution >= 0.6 is 11.3 Å². The van der Waals surface area contributed by atoms with E-state index in [0.717, 1.165) is 26.0 Å². The van der Waals surface area contributed by atoms with E-state index in [1.807, 2.05) is 61.5 Å². The summed E-state index contributed by atoms with van der Waals surface area (Å²) in [6.45, 7) is 2.18. The molecule has 1 N–H and O–H groups in total. The Balaban J connectivity index is 1.62. The van der Waals surface area contributed by atoms with E-state index in [1.54, 1.807) is 5.38 Å².